The van der Waals surface area contributed by atoms with Gasteiger partial charge in [0.2, 0.25) is 11.8 Å². The third kappa shape index (κ3) is 7.11. The summed E-state index contributed by atoms with van der Waals surface area (Å²) in [4.78, 5) is 24.7. The molecule has 3 rings (SSSR count). The van der Waals surface area contributed by atoms with E-state index in [2.05, 4.69) is 10.6 Å². The molecule has 0 fully saturated rings. The van der Waals surface area contributed by atoms with Gasteiger partial charge in [-0.1, -0.05) is 30.3 Å². The number of nitrogens with one attached hydrogen (secondary N) is 2. The Balaban J connectivity index is 1.60. The summed E-state index contributed by atoms with van der Waals surface area (Å²) in [6.45, 7) is 1.89. The van der Waals surface area contributed by atoms with E-state index in [-0.39, 0.29) is 11.8 Å². The number of amides is 2. The summed E-state index contributed by atoms with van der Waals surface area (Å²) in [5.41, 5.74) is 3.85. The van der Waals surface area contributed by atoms with Crippen molar-refractivity contribution >= 4 is 35.3 Å². The molecule has 3 aromatic carbocycles. The van der Waals surface area contributed by atoms with Crippen LogP contribution in [0.4, 0.5) is 11.4 Å². The quantitative estimate of drug-likeness (QED) is 0.463. The second-order valence-electron chi connectivity index (χ2n) is 7.22. The molecule has 6 nitrogen and oxygen atoms in total. The maximum atomic E-state index is 12.4. The second-order valence-corrected chi connectivity index (χ2v) is 7.22. The van der Waals surface area contributed by atoms with Crippen molar-refractivity contribution < 1.29 is 19.1 Å². The number of carbonyl (C=O) groups is 2. The van der Waals surface area contributed by atoms with Crippen LogP contribution < -0.4 is 20.1 Å². The van der Waals surface area contributed by atoms with E-state index >= 15 is 0 Å². The summed E-state index contributed by atoms with van der Waals surface area (Å²) < 4.78 is 10.3. The highest BCUT2D eigenvalue weighted by atomic mass is 16.5. The van der Waals surface area contributed by atoms with Gasteiger partial charge in [-0.3, -0.25) is 9.59 Å². The Morgan fingerprint density at radius 3 is 1.67 bits per heavy atom. The zero-order valence-corrected chi connectivity index (χ0v) is 18.8. The van der Waals surface area contributed by atoms with Crippen molar-refractivity contribution in [2.24, 2.45) is 0 Å². The fourth-order valence-electron chi connectivity index (χ4n) is 2.97. The summed E-state index contributed by atoms with van der Waals surface area (Å²) >= 11 is 0. The SMILES string of the molecule is COc1ccc(/C=C/C(=O)Nc2ccc(C)c(NC(=O)/C=C/c3ccc(OC)cc3)c2)cc1. The zero-order chi connectivity index (χ0) is 23.6. The number of methoxy groups -OCH3 is 2. The molecule has 6 heteroatoms. The van der Waals surface area contributed by atoms with Gasteiger partial charge in [0.05, 0.1) is 14.2 Å². The molecule has 0 aliphatic carbocycles. The normalized spacial score (nSPS) is 10.9. The van der Waals surface area contributed by atoms with Crippen LogP contribution in [-0.2, 0) is 9.59 Å². The lowest BCUT2D eigenvalue weighted by Crippen LogP contribution is -2.11. The van der Waals surface area contributed by atoms with Crippen molar-refractivity contribution in [3.63, 3.8) is 0 Å². The van der Waals surface area contributed by atoms with Crippen LogP contribution in [0.15, 0.2) is 78.9 Å². The van der Waals surface area contributed by atoms with E-state index in [4.69, 9.17) is 9.47 Å². The van der Waals surface area contributed by atoms with Gasteiger partial charge < -0.3 is 20.1 Å². The Morgan fingerprint density at radius 1 is 0.697 bits per heavy atom. The monoisotopic (exact) mass is 442 g/mol. The van der Waals surface area contributed by atoms with E-state index in [0.29, 0.717) is 11.4 Å². The van der Waals surface area contributed by atoms with Crippen LogP contribution >= 0.6 is 0 Å². The minimum atomic E-state index is -0.272. The summed E-state index contributed by atoms with van der Waals surface area (Å²) in [5, 5.41) is 5.67. The first-order valence-corrected chi connectivity index (χ1v) is 10.3. The van der Waals surface area contributed by atoms with Crippen LogP contribution in [-0.4, -0.2) is 26.0 Å². The molecule has 0 aliphatic heterocycles. The summed E-state index contributed by atoms with van der Waals surface area (Å²) in [7, 11) is 3.21. The molecular weight excluding hydrogens is 416 g/mol. The van der Waals surface area contributed by atoms with E-state index in [9.17, 15) is 9.59 Å². The van der Waals surface area contributed by atoms with Crippen LogP contribution in [0.25, 0.3) is 12.2 Å². The number of hydrogen-bond acceptors (Lipinski definition) is 4. The first-order valence-electron chi connectivity index (χ1n) is 10.3. The van der Waals surface area contributed by atoms with E-state index in [1.54, 1.807) is 38.5 Å². The van der Waals surface area contributed by atoms with Crippen molar-refractivity contribution in [1.82, 2.24) is 0 Å². The Bertz CT molecular complexity index is 1160. The molecule has 3 aromatic rings. The Kier molecular flexibility index (Phi) is 8.02. The highest BCUT2D eigenvalue weighted by Gasteiger charge is 2.05. The fourth-order valence-corrected chi connectivity index (χ4v) is 2.97. The zero-order valence-electron chi connectivity index (χ0n) is 18.8. The lowest BCUT2D eigenvalue weighted by Gasteiger charge is -2.10. The molecule has 33 heavy (non-hydrogen) atoms. The molecule has 0 spiro atoms. The summed E-state index contributed by atoms with van der Waals surface area (Å²) in [6.07, 6.45) is 6.36. The van der Waals surface area contributed by atoms with Gasteiger partial charge in [0.1, 0.15) is 11.5 Å². The fraction of sp³-hybridized carbons (Fsp3) is 0.111. The van der Waals surface area contributed by atoms with Gasteiger partial charge in [-0.05, 0) is 72.2 Å². The van der Waals surface area contributed by atoms with Crippen molar-refractivity contribution in [1.29, 1.82) is 0 Å². The molecule has 0 saturated heterocycles. The van der Waals surface area contributed by atoms with Crippen LogP contribution in [0, 0.1) is 6.92 Å². The number of benzene rings is 3. The van der Waals surface area contributed by atoms with Crippen molar-refractivity contribution in [2.45, 2.75) is 6.92 Å². The summed E-state index contributed by atoms with van der Waals surface area (Å²) in [5.74, 6) is 0.970. The molecule has 0 unspecified atom stereocenters. The van der Waals surface area contributed by atoms with Gasteiger partial charge in [-0.2, -0.15) is 0 Å². The lowest BCUT2D eigenvalue weighted by atomic mass is 10.1. The third-order valence-corrected chi connectivity index (χ3v) is 4.85. The minimum absolute atomic E-state index is 0.267. The predicted octanol–water partition coefficient (Wildman–Crippen LogP) is 5.32. The van der Waals surface area contributed by atoms with Gasteiger partial charge in [0.25, 0.3) is 0 Å². The maximum Gasteiger partial charge on any atom is 0.248 e. The van der Waals surface area contributed by atoms with Gasteiger partial charge in [-0.15, -0.1) is 0 Å². The maximum absolute atomic E-state index is 12.4. The van der Waals surface area contributed by atoms with Gasteiger partial charge in [0.15, 0.2) is 0 Å². The van der Waals surface area contributed by atoms with Gasteiger partial charge >= 0.3 is 0 Å². The van der Waals surface area contributed by atoms with Crippen molar-refractivity contribution in [3.8, 4) is 11.5 Å². The van der Waals surface area contributed by atoms with Gasteiger partial charge in [0, 0.05) is 23.5 Å². The van der Waals surface area contributed by atoms with E-state index in [1.807, 2.05) is 61.5 Å². The molecule has 2 amide bonds. The second kappa shape index (κ2) is 11.3. The number of aryl methyl sites for hydroxylation is 1. The third-order valence-electron chi connectivity index (χ3n) is 4.85. The number of anilines is 2. The molecular formula is C27H26N2O4. The van der Waals surface area contributed by atoms with E-state index < -0.39 is 0 Å². The van der Waals surface area contributed by atoms with Crippen LogP contribution in [0.1, 0.15) is 16.7 Å². The number of hydrogen-bond donors (Lipinski definition) is 2. The molecule has 0 aliphatic rings. The molecule has 0 aromatic heterocycles. The average molecular weight is 443 g/mol. The first kappa shape index (κ1) is 23.3. The summed E-state index contributed by atoms with van der Waals surface area (Å²) in [6, 6.07) is 20.1. The highest BCUT2D eigenvalue weighted by molar-refractivity contribution is 6.04. The number of carbonyl (C=O) groups excluding carboxylic acids is 2. The average Bonchev–Trinajstić information content (AvgIpc) is 2.84. The molecule has 0 heterocycles. The molecule has 168 valence electrons. The molecule has 0 bridgehead atoms. The van der Waals surface area contributed by atoms with Crippen molar-refractivity contribution in [3.05, 3.63) is 95.6 Å². The number of rotatable bonds is 8. The lowest BCUT2D eigenvalue weighted by molar-refractivity contribution is -0.112. The Labute approximate surface area is 193 Å². The van der Waals surface area contributed by atoms with Crippen LogP contribution in [0.2, 0.25) is 0 Å². The largest absolute Gasteiger partial charge is 0.497 e. The Hall–Kier alpha value is -4.32. The van der Waals surface area contributed by atoms with Gasteiger partial charge in [-0.25, -0.2) is 0 Å². The first-order chi connectivity index (χ1) is 16.0. The van der Waals surface area contributed by atoms with Crippen molar-refractivity contribution in [2.75, 3.05) is 24.9 Å². The predicted molar refractivity (Wildman–Crippen MR) is 132 cm³/mol. The van der Waals surface area contributed by atoms with Crippen LogP contribution in [0.5, 0.6) is 11.5 Å². The molecule has 0 atom stereocenters. The molecule has 2 N–H and O–H groups in total. The minimum Gasteiger partial charge on any atom is -0.497 e. The Morgan fingerprint density at radius 2 is 1.18 bits per heavy atom. The van der Waals surface area contributed by atoms with Crippen LogP contribution in [0.3, 0.4) is 0 Å². The molecule has 0 radical (unpaired) electrons. The smallest absolute Gasteiger partial charge is 0.248 e. The topological polar surface area (TPSA) is 76.7 Å². The van der Waals surface area contributed by atoms with E-state index in [1.165, 1.54) is 12.2 Å². The highest BCUT2D eigenvalue weighted by Crippen LogP contribution is 2.21. The standard InChI is InChI=1S/C27H26N2O4/c1-19-4-11-22(28-26(30)16-9-20-5-12-23(32-2)13-6-20)18-25(19)29-27(31)17-10-21-7-14-24(33-3)15-8-21/h4-18H,1-3H3,(H,28,30)(H,29,31)/b16-9+,17-10+. The number of ether oxygens (including phenoxy) is 2. The van der Waals surface area contributed by atoms with E-state index in [0.717, 1.165) is 28.2 Å². The molecule has 0 saturated carbocycles.